The highest BCUT2D eigenvalue weighted by molar-refractivity contribution is 5.19. The van der Waals surface area contributed by atoms with Crippen LogP contribution in [0.15, 0.2) is 10.9 Å². The van der Waals surface area contributed by atoms with Crippen LogP contribution in [-0.2, 0) is 5.41 Å². The van der Waals surface area contributed by atoms with E-state index in [0.29, 0.717) is 5.88 Å². The van der Waals surface area contributed by atoms with Gasteiger partial charge in [-0.15, -0.1) is 0 Å². The average molecular weight is 210 g/mol. The largest absolute Gasteiger partial charge is 0.475 e. The second-order valence-corrected chi connectivity index (χ2v) is 4.85. The molecule has 1 heterocycles. The molecule has 1 N–H and O–H groups in total. The minimum absolute atomic E-state index is 0.0205. The van der Waals surface area contributed by atoms with Gasteiger partial charge in [0, 0.05) is 17.2 Å². The summed E-state index contributed by atoms with van der Waals surface area (Å²) in [6.45, 7) is 9.88. The van der Waals surface area contributed by atoms with E-state index in [4.69, 9.17) is 4.74 Å². The van der Waals surface area contributed by atoms with Crippen LogP contribution in [0.5, 0.6) is 5.88 Å². The first kappa shape index (κ1) is 11.8. The van der Waals surface area contributed by atoms with Gasteiger partial charge in [0.1, 0.15) is 0 Å². The third-order valence-electron chi connectivity index (χ3n) is 1.89. The predicted molar refractivity (Wildman–Crippen MR) is 59.3 cm³/mol. The van der Waals surface area contributed by atoms with Crippen LogP contribution < -0.4 is 10.4 Å². The third kappa shape index (κ3) is 3.38. The topological polar surface area (TPSA) is 55.0 Å². The predicted octanol–water partition coefficient (Wildman–Crippen LogP) is 1.85. The zero-order valence-corrected chi connectivity index (χ0v) is 9.92. The van der Waals surface area contributed by atoms with Crippen molar-refractivity contribution >= 4 is 0 Å². The van der Waals surface area contributed by atoms with Gasteiger partial charge < -0.3 is 9.72 Å². The summed E-state index contributed by atoms with van der Waals surface area (Å²) in [5.41, 5.74) is 0.355. The molecule has 84 valence electrons. The van der Waals surface area contributed by atoms with E-state index in [-0.39, 0.29) is 17.2 Å². The first-order valence-electron chi connectivity index (χ1n) is 5.07. The number of hydrogen-bond acceptors (Lipinski definition) is 3. The molecule has 0 aromatic carbocycles. The number of aromatic amines is 1. The third-order valence-corrected chi connectivity index (χ3v) is 1.89. The first-order chi connectivity index (χ1) is 6.79. The van der Waals surface area contributed by atoms with Crippen LogP contribution in [0.4, 0.5) is 0 Å². The normalized spacial score (nSPS) is 11.9. The van der Waals surface area contributed by atoms with Gasteiger partial charge in [0.15, 0.2) is 0 Å². The fraction of sp³-hybridized carbons (Fsp3) is 0.636. The molecule has 0 fully saturated rings. The van der Waals surface area contributed by atoms with Crippen molar-refractivity contribution in [1.29, 1.82) is 0 Å². The van der Waals surface area contributed by atoms with E-state index < -0.39 is 0 Å². The summed E-state index contributed by atoms with van der Waals surface area (Å²) in [5.74, 6) is 0.388. The number of nitrogens with one attached hydrogen (secondary N) is 1. The molecule has 0 radical (unpaired) electrons. The van der Waals surface area contributed by atoms with E-state index in [1.165, 1.54) is 0 Å². The van der Waals surface area contributed by atoms with Crippen LogP contribution in [0.1, 0.15) is 40.3 Å². The van der Waals surface area contributed by atoms with Gasteiger partial charge in [-0.05, 0) is 13.8 Å². The first-order valence-corrected chi connectivity index (χ1v) is 5.07. The fourth-order valence-corrected chi connectivity index (χ4v) is 1.14. The quantitative estimate of drug-likeness (QED) is 0.810. The average Bonchev–Trinajstić information content (AvgIpc) is 1.99. The van der Waals surface area contributed by atoms with Crippen molar-refractivity contribution < 1.29 is 4.74 Å². The number of ether oxygens (including phenoxy) is 1. The molecular formula is C11H18N2O2. The van der Waals surface area contributed by atoms with E-state index in [0.717, 1.165) is 5.69 Å². The van der Waals surface area contributed by atoms with Gasteiger partial charge in [-0.1, -0.05) is 20.8 Å². The van der Waals surface area contributed by atoms with E-state index in [1.54, 1.807) is 6.07 Å². The Bertz CT molecular complexity index is 388. The van der Waals surface area contributed by atoms with Gasteiger partial charge in [-0.2, -0.15) is 4.98 Å². The molecular weight excluding hydrogens is 192 g/mol. The van der Waals surface area contributed by atoms with Gasteiger partial charge in [0.05, 0.1) is 6.10 Å². The van der Waals surface area contributed by atoms with E-state index in [2.05, 4.69) is 9.97 Å². The lowest BCUT2D eigenvalue weighted by Crippen LogP contribution is -2.22. The molecule has 0 saturated carbocycles. The zero-order chi connectivity index (χ0) is 11.6. The maximum absolute atomic E-state index is 11.3. The summed E-state index contributed by atoms with van der Waals surface area (Å²) < 4.78 is 5.40. The van der Waals surface area contributed by atoms with Crippen LogP contribution in [0, 0.1) is 0 Å². The second kappa shape index (κ2) is 4.04. The number of aromatic nitrogens is 2. The highest BCUT2D eigenvalue weighted by Crippen LogP contribution is 2.21. The second-order valence-electron chi connectivity index (χ2n) is 4.85. The molecule has 15 heavy (non-hydrogen) atoms. The summed E-state index contributed by atoms with van der Waals surface area (Å²) in [6.07, 6.45) is 0.0205. The Morgan fingerprint density at radius 1 is 1.40 bits per heavy atom. The molecule has 0 aliphatic heterocycles. The van der Waals surface area contributed by atoms with Crippen molar-refractivity contribution in [3.8, 4) is 5.88 Å². The van der Waals surface area contributed by atoms with Crippen molar-refractivity contribution in [1.82, 2.24) is 9.97 Å². The summed E-state index contributed by atoms with van der Waals surface area (Å²) in [7, 11) is 0. The maximum atomic E-state index is 11.3. The molecule has 0 unspecified atom stereocenters. The number of rotatable bonds is 2. The standard InChI is InChI=1S/C11H18N2O2/c1-7(2)15-9-6-8(11(3,4)5)12-10(14)13-9/h6-7H,1-5H3,(H,12,13,14). The summed E-state index contributed by atoms with van der Waals surface area (Å²) in [5, 5.41) is 0. The summed E-state index contributed by atoms with van der Waals surface area (Å²) in [4.78, 5) is 17.8. The molecule has 0 amide bonds. The van der Waals surface area contributed by atoms with Gasteiger partial charge in [-0.25, -0.2) is 4.79 Å². The minimum atomic E-state index is -0.363. The highest BCUT2D eigenvalue weighted by atomic mass is 16.5. The van der Waals surface area contributed by atoms with Crippen LogP contribution in [0.3, 0.4) is 0 Å². The van der Waals surface area contributed by atoms with Crippen LogP contribution in [-0.4, -0.2) is 16.1 Å². The molecule has 1 rings (SSSR count). The molecule has 0 aliphatic rings. The number of nitrogens with zero attached hydrogens (tertiary/aromatic N) is 1. The molecule has 0 saturated heterocycles. The van der Waals surface area contributed by atoms with Gasteiger partial charge in [0.2, 0.25) is 5.88 Å². The van der Waals surface area contributed by atoms with Crippen molar-refractivity contribution in [3.63, 3.8) is 0 Å². The molecule has 0 spiro atoms. The Labute approximate surface area is 89.7 Å². The Morgan fingerprint density at radius 3 is 2.47 bits per heavy atom. The SMILES string of the molecule is CC(C)Oc1cc(C(C)(C)C)[nH]c(=O)n1. The van der Waals surface area contributed by atoms with Crippen molar-refractivity contribution in [2.75, 3.05) is 0 Å². The van der Waals surface area contributed by atoms with Crippen molar-refractivity contribution in [3.05, 3.63) is 22.2 Å². The molecule has 1 aromatic rings. The molecule has 1 aromatic heterocycles. The molecule has 0 bridgehead atoms. The van der Waals surface area contributed by atoms with Crippen molar-refractivity contribution in [2.45, 2.75) is 46.1 Å². The van der Waals surface area contributed by atoms with Crippen molar-refractivity contribution in [2.24, 2.45) is 0 Å². The van der Waals surface area contributed by atoms with E-state index in [1.807, 2.05) is 34.6 Å². The fourth-order valence-electron chi connectivity index (χ4n) is 1.14. The molecule has 4 nitrogen and oxygen atoms in total. The van der Waals surface area contributed by atoms with Crippen LogP contribution in [0.25, 0.3) is 0 Å². The highest BCUT2D eigenvalue weighted by Gasteiger charge is 2.16. The minimum Gasteiger partial charge on any atom is -0.475 e. The van der Waals surface area contributed by atoms with Gasteiger partial charge >= 0.3 is 5.69 Å². The van der Waals surface area contributed by atoms with Crippen LogP contribution in [0.2, 0.25) is 0 Å². The van der Waals surface area contributed by atoms with Gasteiger partial charge in [0.25, 0.3) is 0 Å². The summed E-state index contributed by atoms with van der Waals surface area (Å²) >= 11 is 0. The molecule has 0 atom stereocenters. The Balaban J connectivity index is 3.11. The maximum Gasteiger partial charge on any atom is 0.348 e. The molecule has 0 aliphatic carbocycles. The Kier molecular flexibility index (Phi) is 3.17. The monoisotopic (exact) mass is 210 g/mol. The van der Waals surface area contributed by atoms with Crippen LogP contribution >= 0.6 is 0 Å². The Morgan fingerprint density at radius 2 is 2.00 bits per heavy atom. The van der Waals surface area contributed by atoms with Gasteiger partial charge in [-0.3, -0.25) is 0 Å². The van der Waals surface area contributed by atoms with E-state index >= 15 is 0 Å². The Hall–Kier alpha value is -1.32. The lowest BCUT2D eigenvalue weighted by Gasteiger charge is -2.19. The summed E-state index contributed by atoms with van der Waals surface area (Å²) in [6, 6.07) is 1.78. The smallest absolute Gasteiger partial charge is 0.348 e. The lowest BCUT2D eigenvalue weighted by molar-refractivity contribution is 0.230. The molecule has 4 heteroatoms. The number of hydrogen-bond donors (Lipinski definition) is 1. The van der Waals surface area contributed by atoms with E-state index in [9.17, 15) is 4.79 Å². The lowest BCUT2D eigenvalue weighted by atomic mass is 9.92. The number of H-pyrrole nitrogens is 1. The zero-order valence-electron chi connectivity index (χ0n) is 9.92.